The molecule has 0 bridgehead atoms. The van der Waals surface area contributed by atoms with E-state index in [9.17, 15) is 9.90 Å². The lowest BCUT2D eigenvalue weighted by Crippen LogP contribution is -2.48. The maximum absolute atomic E-state index is 12.6. The molecule has 1 N–H and O–H groups in total. The van der Waals surface area contributed by atoms with Gasteiger partial charge >= 0.3 is 0 Å². The molecule has 2 fully saturated rings. The van der Waals surface area contributed by atoms with Crippen LogP contribution in [0, 0.1) is 0 Å². The van der Waals surface area contributed by atoms with Gasteiger partial charge in [0.2, 0.25) is 5.91 Å². The summed E-state index contributed by atoms with van der Waals surface area (Å²) in [5.41, 5.74) is -0.105. The van der Waals surface area contributed by atoms with Crippen LogP contribution in [0.2, 0.25) is 0 Å². The predicted octanol–water partition coefficient (Wildman–Crippen LogP) is 2.16. The highest BCUT2D eigenvalue weighted by Crippen LogP contribution is 2.31. The van der Waals surface area contributed by atoms with E-state index in [1.54, 1.807) is 6.20 Å². The van der Waals surface area contributed by atoms with Gasteiger partial charge in [-0.2, -0.15) is 0 Å². The Morgan fingerprint density at radius 2 is 2.00 bits per heavy atom. The third kappa shape index (κ3) is 3.95. The molecule has 1 aromatic rings. The van der Waals surface area contributed by atoms with Crippen LogP contribution >= 0.6 is 0 Å². The Balaban J connectivity index is 1.50. The van der Waals surface area contributed by atoms with E-state index in [0.29, 0.717) is 25.4 Å². The van der Waals surface area contributed by atoms with Crippen LogP contribution < -0.4 is 0 Å². The van der Waals surface area contributed by atoms with Crippen molar-refractivity contribution in [1.82, 2.24) is 14.8 Å². The zero-order valence-electron chi connectivity index (χ0n) is 14.7. The molecule has 1 aliphatic carbocycles. The van der Waals surface area contributed by atoms with Gasteiger partial charge in [0.25, 0.3) is 0 Å². The summed E-state index contributed by atoms with van der Waals surface area (Å²) in [4.78, 5) is 21.0. The summed E-state index contributed by atoms with van der Waals surface area (Å²) >= 11 is 0. The summed E-state index contributed by atoms with van der Waals surface area (Å²) in [5.74, 6) is 0.213. The standard InChI is InChI=1S/C19H29N3O2/c1-21(16-7-3-2-4-8-16)18(23)15-22-13-10-19(24,11-14-22)17-9-5-6-12-20-17/h5-6,9,12,16,24H,2-4,7-8,10-11,13-15H2,1H3. The number of carbonyl (C=O) groups excluding carboxylic acids is 1. The molecule has 0 aromatic carbocycles. The van der Waals surface area contributed by atoms with Gasteiger partial charge < -0.3 is 10.0 Å². The number of piperidine rings is 1. The van der Waals surface area contributed by atoms with Gasteiger partial charge in [0.05, 0.1) is 12.2 Å². The summed E-state index contributed by atoms with van der Waals surface area (Å²) in [6, 6.07) is 6.08. The molecular formula is C19H29N3O2. The molecule has 0 spiro atoms. The van der Waals surface area contributed by atoms with Crippen LogP contribution in [0.1, 0.15) is 50.6 Å². The van der Waals surface area contributed by atoms with Crippen LogP contribution in [-0.4, -0.2) is 58.5 Å². The molecule has 2 heterocycles. The first-order chi connectivity index (χ1) is 11.6. The van der Waals surface area contributed by atoms with Crippen molar-refractivity contribution in [3.8, 4) is 0 Å². The number of hydrogen-bond donors (Lipinski definition) is 1. The SMILES string of the molecule is CN(C(=O)CN1CCC(O)(c2ccccn2)CC1)C1CCCCC1. The second-order valence-corrected chi connectivity index (χ2v) is 7.32. The Hall–Kier alpha value is -1.46. The highest BCUT2D eigenvalue weighted by Gasteiger charge is 2.36. The summed E-state index contributed by atoms with van der Waals surface area (Å²) in [5, 5.41) is 10.8. The van der Waals surface area contributed by atoms with Gasteiger partial charge in [-0.05, 0) is 37.8 Å². The van der Waals surface area contributed by atoms with Crippen molar-refractivity contribution in [3.63, 3.8) is 0 Å². The first-order valence-corrected chi connectivity index (χ1v) is 9.20. The van der Waals surface area contributed by atoms with Crippen molar-refractivity contribution in [1.29, 1.82) is 0 Å². The van der Waals surface area contributed by atoms with Gasteiger partial charge in [-0.1, -0.05) is 25.3 Å². The molecule has 1 aliphatic heterocycles. The topological polar surface area (TPSA) is 56.7 Å². The first kappa shape index (κ1) is 17.4. The predicted molar refractivity (Wildman–Crippen MR) is 93.5 cm³/mol. The molecule has 0 radical (unpaired) electrons. The van der Waals surface area contributed by atoms with E-state index in [1.807, 2.05) is 30.1 Å². The summed E-state index contributed by atoms with van der Waals surface area (Å²) < 4.78 is 0. The van der Waals surface area contributed by atoms with Gasteiger partial charge in [0.1, 0.15) is 5.60 Å². The fourth-order valence-electron chi connectivity index (χ4n) is 3.95. The van der Waals surface area contributed by atoms with E-state index in [-0.39, 0.29) is 5.91 Å². The largest absolute Gasteiger partial charge is 0.383 e. The molecule has 24 heavy (non-hydrogen) atoms. The zero-order chi connectivity index (χ0) is 17.0. The fourth-order valence-corrected chi connectivity index (χ4v) is 3.95. The fraction of sp³-hybridized carbons (Fsp3) is 0.684. The molecule has 0 atom stereocenters. The summed E-state index contributed by atoms with van der Waals surface area (Å²) in [6.45, 7) is 1.93. The summed E-state index contributed by atoms with van der Waals surface area (Å²) in [7, 11) is 1.95. The molecule has 3 rings (SSSR count). The Bertz CT molecular complexity index is 535. The number of likely N-dealkylation sites (N-methyl/N-ethyl adjacent to an activating group) is 1. The van der Waals surface area contributed by atoms with Crippen molar-refractivity contribution in [3.05, 3.63) is 30.1 Å². The van der Waals surface area contributed by atoms with Gasteiger partial charge in [-0.25, -0.2) is 0 Å². The number of amides is 1. The maximum atomic E-state index is 12.6. The number of aliphatic hydroxyl groups is 1. The normalized spacial score (nSPS) is 22.2. The lowest BCUT2D eigenvalue weighted by Gasteiger charge is -2.39. The molecule has 1 saturated heterocycles. The zero-order valence-corrected chi connectivity index (χ0v) is 14.7. The van der Waals surface area contributed by atoms with Crippen molar-refractivity contribution >= 4 is 5.91 Å². The molecular weight excluding hydrogens is 302 g/mol. The number of hydrogen-bond acceptors (Lipinski definition) is 4. The lowest BCUT2D eigenvalue weighted by atomic mass is 9.87. The molecule has 132 valence electrons. The van der Waals surface area contributed by atoms with Crippen LogP contribution in [0.25, 0.3) is 0 Å². The van der Waals surface area contributed by atoms with Crippen LogP contribution in [-0.2, 0) is 10.4 Å². The lowest BCUT2D eigenvalue weighted by molar-refractivity contribution is -0.135. The third-order valence-electron chi connectivity index (χ3n) is 5.70. The Kier molecular flexibility index (Phi) is 5.51. The second-order valence-electron chi connectivity index (χ2n) is 7.32. The van der Waals surface area contributed by atoms with E-state index >= 15 is 0 Å². The minimum atomic E-state index is -0.851. The van der Waals surface area contributed by atoms with Crippen molar-refractivity contribution < 1.29 is 9.90 Å². The van der Waals surface area contributed by atoms with Crippen molar-refractivity contribution in [2.45, 2.75) is 56.6 Å². The Labute approximate surface area is 144 Å². The molecule has 1 amide bonds. The van der Waals surface area contributed by atoms with Crippen LogP contribution in [0.5, 0.6) is 0 Å². The average molecular weight is 331 g/mol. The van der Waals surface area contributed by atoms with Crippen LogP contribution in [0.3, 0.4) is 0 Å². The quantitative estimate of drug-likeness (QED) is 0.918. The van der Waals surface area contributed by atoms with Gasteiger partial charge in [-0.3, -0.25) is 14.7 Å². The van der Waals surface area contributed by atoms with Crippen molar-refractivity contribution in [2.24, 2.45) is 0 Å². The van der Waals surface area contributed by atoms with Gasteiger partial charge in [0, 0.05) is 32.4 Å². The van der Waals surface area contributed by atoms with E-state index in [0.717, 1.165) is 31.6 Å². The minimum absolute atomic E-state index is 0.213. The Morgan fingerprint density at radius 1 is 1.29 bits per heavy atom. The highest BCUT2D eigenvalue weighted by molar-refractivity contribution is 5.78. The summed E-state index contributed by atoms with van der Waals surface area (Å²) in [6.07, 6.45) is 9.05. The molecule has 2 aliphatic rings. The molecule has 1 saturated carbocycles. The monoisotopic (exact) mass is 331 g/mol. The van der Waals surface area contributed by atoms with Crippen molar-refractivity contribution in [2.75, 3.05) is 26.7 Å². The van der Waals surface area contributed by atoms with E-state index in [2.05, 4.69) is 9.88 Å². The Morgan fingerprint density at radius 3 is 2.62 bits per heavy atom. The third-order valence-corrected chi connectivity index (χ3v) is 5.70. The molecule has 5 heteroatoms. The average Bonchev–Trinajstić information content (AvgIpc) is 2.64. The first-order valence-electron chi connectivity index (χ1n) is 9.20. The molecule has 0 unspecified atom stereocenters. The second kappa shape index (κ2) is 7.62. The number of rotatable bonds is 4. The van der Waals surface area contributed by atoms with E-state index in [4.69, 9.17) is 0 Å². The number of carbonyl (C=O) groups is 1. The number of likely N-dealkylation sites (tertiary alicyclic amines) is 1. The smallest absolute Gasteiger partial charge is 0.236 e. The van der Waals surface area contributed by atoms with Gasteiger partial charge in [0.15, 0.2) is 0 Å². The number of pyridine rings is 1. The number of aromatic nitrogens is 1. The van der Waals surface area contributed by atoms with Gasteiger partial charge in [-0.15, -0.1) is 0 Å². The molecule has 1 aromatic heterocycles. The van der Waals surface area contributed by atoms with E-state index < -0.39 is 5.60 Å². The molecule has 5 nitrogen and oxygen atoms in total. The van der Waals surface area contributed by atoms with Crippen LogP contribution in [0.15, 0.2) is 24.4 Å². The maximum Gasteiger partial charge on any atom is 0.236 e. The number of nitrogens with zero attached hydrogens (tertiary/aromatic N) is 3. The van der Waals surface area contributed by atoms with Crippen LogP contribution in [0.4, 0.5) is 0 Å². The van der Waals surface area contributed by atoms with E-state index in [1.165, 1.54) is 19.3 Å². The minimum Gasteiger partial charge on any atom is -0.383 e. The highest BCUT2D eigenvalue weighted by atomic mass is 16.3.